The maximum Gasteiger partial charge on any atom is 0.261 e. The number of hydrogen-bond acceptors (Lipinski definition) is 2. The fourth-order valence-electron chi connectivity index (χ4n) is 3.15. The second-order valence-electron chi connectivity index (χ2n) is 6.26. The number of pyridine rings is 1. The predicted octanol–water partition coefficient (Wildman–Crippen LogP) is 4.76. The number of aromatic nitrogens is 1. The molecule has 0 aliphatic heterocycles. The van der Waals surface area contributed by atoms with Crippen LogP contribution < -0.4 is 10.7 Å². The number of anilines is 1. The molecule has 0 aliphatic carbocycles. The number of hydrogen-bond donors (Lipinski definition) is 1. The minimum absolute atomic E-state index is 0.205. The van der Waals surface area contributed by atoms with Crippen LogP contribution in [0.1, 0.15) is 53.1 Å². The Morgan fingerprint density at radius 3 is 2.44 bits per heavy atom. The Hall–Kier alpha value is -1.88. The van der Waals surface area contributed by atoms with Gasteiger partial charge < -0.3 is 9.88 Å². The van der Waals surface area contributed by atoms with Gasteiger partial charge in [-0.3, -0.25) is 9.59 Å². The Balaban J connectivity index is 2.56. The molecule has 0 saturated carbocycles. The van der Waals surface area contributed by atoms with Crippen LogP contribution in [0.2, 0.25) is 0 Å². The van der Waals surface area contributed by atoms with Crippen molar-refractivity contribution in [3.63, 3.8) is 0 Å². The van der Waals surface area contributed by atoms with Gasteiger partial charge in [0.1, 0.15) is 5.56 Å². The first-order valence-corrected chi connectivity index (χ1v) is 9.42. The highest BCUT2D eigenvalue weighted by molar-refractivity contribution is 9.10. The summed E-state index contributed by atoms with van der Waals surface area (Å²) in [6.45, 7) is 10.6. The van der Waals surface area contributed by atoms with Crippen molar-refractivity contribution < 1.29 is 4.79 Å². The number of amides is 1. The van der Waals surface area contributed by atoms with Gasteiger partial charge in [-0.05, 0) is 60.7 Å². The first-order valence-electron chi connectivity index (χ1n) is 8.62. The second kappa shape index (κ2) is 8.00. The van der Waals surface area contributed by atoms with Crippen molar-refractivity contribution in [3.8, 4) is 0 Å². The third-order valence-corrected chi connectivity index (χ3v) is 5.50. The fraction of sp³-hybridized carbons (Fsp3) is 0.400. The van der Waals surface area contributed by atoms with Crippen molar-refractivity contribution >= 4 is 27.5 Å². The molecule has 1 aromatic carbocycles. The second-order valence-corrected chi connectivity index (χ2v) is 7.05. The van der Waals surface area contributed by atoms with Crippen molar-refractivity contribution in [1.82, 2.24) is 4.57 Å². The average Bonchev–Trinajstić information content (AvgIpc) is 2.58. The lowest BCUT2D eigenvalue weighted by molar-refractivity contribution is 0.102. The van der Waals surface area contributed by atoms with Crippen LogP contribution in [0.15, 0.2) is 27.5 Å². The number of carbonyl (C=O) groups excluding carboxylic acids is 1. The minimum Gasteiger partial charge on any atom is -0.347 e. The summed E-state index contributed by atoms with van der Waals surface area (Å²) >= 11 is 3.37. The van der Waals surface area contributed by atoms with E-state index in [1.165, 1.54) is 0 Å². The van der Waals surface area contributed by atoms with E-state index in [-0.39, 0.29) is 16.9 Å². The first kappa shape index (κ1) is 19.4. The molecule has 2 rings (SSSR count). The maximum absolute atomic E-state index is 13.0. The van der Waals surface area contributed by atoms with Crippen molar-refractivity contribution in [2.24, 2.45) is 0 Å². The van der Waals surface area contributed by atoms with E-state index < -0.39 is 0 Å². The molecular formula is C20H25BrN2O2. The maximum atomic E-state index is 13.0. The van der Waals surface area contributed by atoms with Crippen molar-refractivity contribution in [2.75, 3.05) is 5.32 Å². The molecule has 1 heterocycles. The lowest BCUT2D eigenvalue weighted by atomic mass is 10.0. The van der Waals surface area contributed by atoms with E-state index in [1.807, 2.05) is 50.5 Å². The van der Waals surface area contributed by atoms with Crippen LogP contribution in [0.3, 0.4) is 0 Å². The Morgan fingerprint density at radius 2 is 1.84 bits per heavy atom. The average molecular weight is 405 g/mol. The number of nitrogens with one attached hydrogen (secondary N) is 1. The summed E-state index contributed by atoms with van der Waals surface area (Å²) in [6.07, 6.45) is 1.74. The molecule has 0 unspecified atom stereocenters. The highest BCUT2D eigenvalue weighted by Crippen LogP contribution is 2.23. The molecule has 0 atom stereocenters. The number of nitrogens with zero attached hydrogens (tertiary/aromatic N) is 1. The molecule has 0 saturated heterocycles. The zero-order valence-electron chi connectivity index (χ0n) is 15.5. The highest BCUT2D eigenvalue weighted by Gasteiger charge is 2.22. The van der Waals surface area contributed by atoms with E-state index in [1.54, 1.807) is 0 Å². The molecule has 5 heteroatoms. The largest absolute Gasteiger partial charge is 0.347 e. The normalized spacial score (nSPS) is 10.8. The van der Waals surface area contributed by atoms with Gasteiger partial charge in [0.15, 0.2) is 0 Å². The van der Waals surface area contributed by atoms with Gasteiger partial charge >= 0.3 is 0 Å². The fourth-order valence-corrected chi connectivity index (χ4v) is 3.56. The predicted molar refractivity (Wildman–Crippen MR) is 107 cm³/mol. The van der Waals surface area contributed by atoms with Gasteiger partial charge in [-0.25, -0.2) is 0 Å². The molecule has 0 spiro atoms. The van der Waals surface area contributed by atoms with Crippen molar-refractivity contribution in [3.05, 3.63) is 61.0 Å². The molecular weight excluding hydrogens is 380 g/mol. The Bertz CT molecular complexity index is 869. The van der Waals surface area contributed by atoms with Gasteiger partial charge in [0.25, 0.3) is 5.91 Å². The number of rotatable bonds is 5. The molecule has 1 aromatic heterocycles. The molecule has 4 nitrogen and oxygen atoms in total. The molecule has 0 radical (unpaired) electrons. The lowest BCUT2D eigenvalue weighted by Gasteiger charge is -2.19. The van der Waals surface area contributed by atoms with E-state index in [2.05, 4.69) is 28.2 Å². The third-order valence-electron chi connectivity index (χ3n) is 4.57. The standard InChI is InChI=1S/C20H25BrN2O2/c1-6-11-23-13(4)16(19(24)17(21)14(23)5)20(25)22-18-12(3)9-8-10-15(18)7-2/h8-10H,6-7,11H2,1-5H3,(H,22,25). The van der Waals surface area contributed by atoms with Crippen LogP contribution in [-0.2, 0) is 13.0 Å². The Morgan fingerprint density at radius 1 is 1.16 bits per heavy atom. The quantitative estimate of drug-likeness (QED) is 0.780. The topological polar surface area (TPSA) is 51.1 Å². The van der Waals surface area contributed by atoms with Crippen LogP contribution >= 0.6 is 15.9 Å². The zero-order chi connectivity index (χ0) is 18.7. The van der Waals surface area contributed by atoms with Gasteiger partial charge in [0.2, 0.25) is 5.43 Å². The van der Waals surface area contributed by atoms with Gasteiger partial charge in [-0.2, -0.15) is 0 Å². The monoisotopic (exact) mass is 404 g/mol. The number of carbonyl (C=O) groups is 1. The zero-order valence-corrected chi connectivity index (χ0v) is 17.1. The first-order chi connectivity index (χ1) is 11.8. The number of halogens is 1. The summed E-state index contributed by atoms with van der Waals surface area (Å²) in [7, 11) is 0. The third kappa shape index (κ3) is 3.71. The van der Waals surface area contributed by atoms with Crippen molar-refractivity contribution in [1.29, 1.82) is 0 Å². The van der Waals surface area contributed by atoms with E-state index in [0.717, 1.165) is 41.9 Å². The summed E-state index contributed by atoms with van der Waals surface area (Å²) in [6, 6.07) is 5.93. The molecule has 2 aromatic rings. The molecule has 1 amide bonds. The Kier molecular flexibility index (Phi) is 6.22. The molecule has 0 bridgehead atoms. The van der Waals surface area contributed by atoms with Crippen molar-refractivity contribution in [2.45, 2.75) is 54.0 Å². The highest BCUT2D eigenvalue weighted by atomic mass is 79.9. The summed E-state index contributed by atoms with van der Waals surface area (Å²) in [5.74, 6) is -0.350. The molecule has 0 fully saturated rings. The van der Waals surface area contributed by atoms with Crippen LogP contribution in [0.4, 0.5) is 5.69 Å². The number of para-hydroxylation sites is 1. The van der Waals surface area contributed by atoms with Crippen LogP contribution in [0.5, 0.6) is 0 Å². The molecule has 134 valence electrons. The smallest absolute Gasteiger partial charge is 0.261 e. The summed E-state index contributed by atoms with van der Waals surface area (Å²) in [5.41, 5.74) is 4.36. The minimum atomic E-state index is -0.350. The van der Waals surface area contributed by atoms with Crippen LogP contribution in [0, 0.1) is 20.8 Å². The molecule has 1 N–H and O–H groups in total. The summed E-state index contributed by atoms with van der Waals surface area (Å²) < 4.78 is 2.48. The summed E-state index contributed by atoms with van der Waals surface area (Å²) in [5, 5.41) is 2.97. The SMILES string of the molecule is CCCn1c(C)c(Br)c(=O)c(C(=O)Nc2c(C)cccc2CC)c1C. The van der Waals surface area contributed by atoms with Crippen LogP contribution in [0.25, 0.3) is 0 Å². The van der Waals surface area contributed by atoms with Gasteiger partial charge in [-0.15, -0.1) is 0 Å². The summed E-state index contributed by atoms with van der Waals surface area (Å²) in [4.78, 5) is 25.7. The van der Waals surface area contributed by atoms with Gasteiger partial charge in [0.05, 0.1) is 4.47 Å². The Labute approximate surface area is 157 Å². The van der Waals surface area contributed by atoms with Gasteiger partial charge in [0, 0.05) is 23.6 Å². The number of benzene rings is 1. The lowest BCUT2D eigenvalue weighted by Crippen LogP contribution is -2.28. The molecule has 0 aliphatic rings. The number of aryl methyl sites for hydroxylation is 2. The van der Waals surface area contributed by atoms with E-state index in [9.17, 15) is 9.59 Å². The molecule has 25 heavy (non-hydrogen) atoms. The van der Waals surface area contributed by atoms with E-state index in [4.69, 9.17) is 0 Å². The van der Waals surface area contributed by atoms with E-state index in [0.29, 0.717) is 10.2 Å². The van der Waals surface area contributed by atoms with Crippen LogP contribution in [-0.4, -0.2) is 10.5 Å². The van der Waals surface area contributed by atoms with E-state index >= 15 is 0 Å². The van der Waals surface area contributed by atoms with Gasteiger partial charge in [-0.1, -0.05) is 32.0 Å².